The molecule has 0 aliphatic rings. The zero-order chi connectivity index (χ0) is 24.2. The number of hydrogen-bond donors (Lipinski definition) is 6. The van der Waals surface area contributed by atoms with Gasteiger partial charge in [0, 0.05) is 23.3 Å². The van der Waals surface area contributed by atoms with Crippen molar-refractivity contribution in [2.45, 2.75) is 25.7 Å². The van der Waals surface area contributed by atoms with Gasteiger partial charge < -0.3 is 30.6 Å². The first-order valence-corrected chi connectivity index (χ1v) is 10.9. The zero-order valence-electron chi connectivity index (χ0n) is 18.4. The van der Waals surface area contributed by atoms with Crippen molar-refractivity contribution in [1.29, 1.82) is 0 Å². The van der Waals surface area contributed by atoms with E-state index in [2.05, 4.69) is 0 Å². The van der Waals surface area contributed by atoms with Crippen LogP contribution in [0.25, 0.3) is 11.1 Å². The Bertz CT molecular complexity index is 1190. The lowest BCUT2D eigenvalue weighted by atomic mass is 9.96. The Kier molecular flexibility index (Phi) is 6.50. The smallest absolute Gasteiger partial charge is 0.123 e. The maximum Gasteiger partial charge on any atom is 0.123 e. The van der Waals surface area contributed by atoms with Gasteiger partial charge in [-0.1, -0.05) is 24.3 Å². The SMILES string of the molecule is Oc1cc(O)cc(CCc2ccc(-c3ccc(CCc4cc(O)cc(O)c4)cc3O)c(O)c2)c1. The minimum absolute atomic E-state index is 0.00665. The number of phenols is 6. The van der Waals surface area contributed by atoms with Crippen LogP contribution in [0, 0.1) is 0 Å². The van der Waals surface area contributed by atoms with Crippen LogP contribution in [0.2, 0.25) is 0 Å². The Morgan fingerprint density at radius 1 is 0.353 bits per heavy atom. The van der Waals surface area contributed by atoms with Crippen molar-refractivity contribution >= 4 is 0 Å². The van der Waals surface area contributed by atoms with Crippen LogP contribution in [0.4, 0.5) is 0 Å². The van der Waals surface area contributed by atoms with E-state index >= 15 is 0 Å². The molecule has 4 aromatic rings. The van der Waals surface area contributed by atoms with Gasteiger partial charge in [0.25, 0.3) is 0 Å². The lowest BCUT2D eigenvalue weighted by Gasteiger charge is -2.11. The van der Waals surface area contributed by atoms with Crippen LogP contribution in [0.1, 0.15) is 22.3 Å². The predicted octanol–water partition coefficient (Wildman–Crippen LogP) is 5.16. The monoisotopic (exact) mass is 458 g/mol. The van der Waals surface area contributed by atoms with Crippen LogP contribution in [-0.2, 0) is 25.7 Å². The summed E-state index contributed by atoms with van der Waals surface area (Å²) in [6.45, 7) is 0. The normalized spacial score (nSPS) is 10.9. The second-order valence-electron chi connectivity index (χ2n) is 8.42. The van der Waals surface area contributed by atoms with Crippen molar-refractivity contribution in [2.75, 3.05) is 0 Å². The molecule has 6 N–H and O–H groups in total. The fourth-order valence-electron chi connectivity index (χ4n) is 4.10. The van der Waals surface area contributed by atoms with Crippen LogP contribution in [0.5, 0.6) is 34.5 Å². The van der Waals surface area contributed by atoms with Gasteiger partial charge in [-0.25, -0.2) is 0 Å². The van der Waals surface area contributed by atoms with Gasteiger partial charge in [-0.2, -0.15) is 0 Å². The van der Waals surface area contributed by atoms with E-state index in [1.807, 2.05) is 12.1 Å². The molecule has 34 heavy (non-hydrogen) atoms. The summed E-state index contributed by atoms with van der Waals surface area (Å²) in [6.07, 6.45) is 2.37. The zero-order valence-corrected chi connectivity index (χ0v) is 18.4. The summed E-state index contributed by atoms with van der Waals surface area (Å²) in [5.41, 5.74) is 4.37. The summed E-state index contributed by atoms with van der Waals surface area (Å²) < 4.78 is 0. The third-order valence-electron chi connectivity index (χ3n) is 5.74. The van der Waals surface area contributed by atoms with Crippen LogP contribution >= 0.6 is 0 Å². The van der Waals surface area contributed by atoms with E-state index in [-0.39, 0.29) is 34.5 Å². The molecule has 0 aliphatic heterocycles. The maximum atomic E-state index is 10.6. The molecule has 0 saturated carbocycles. The molecule has 0 unspecified atom stereocenters. The Hall–Kier alpha value is -4.32. The van der Waals surface area contributed by atoms with Crippen molar-refractivity contribution in [3.05, 3.63) is 95.1 Å². The highest BCUT2D eigenvalue weighted by Gasteiger charge is 2.12. The summed E-state index contributed by atoms with van der Waals surface area (Å²) in [5, 5.41) is 59.6. The summed E-state index contributed by atoms with van der Waals surface area (Å²) >= 11 is 0. The molecule has 0 heterocycles. The Labute approximate surface area is 197 Å². The fraction of sp³-hybridized carbons (Fsp3) is 0.143. The summed E-state index contributed by atoms with van der Waals surface area (Å²) in [4.78, 5) is 0. The highest BCUT2D eigenvalue weighted by Crippen LogP contribution is 2.37. The quantitative estimate of drug-likeness (QED) is 0.228. The average Bonchev–Trinajstić information content (AvgIpc) is 2.76. The van der Waals surface area contributed by atoms with Crippen molar-refractivity contribution in [3.8, 4) is 45.6 Å². The minimum atomic E-state index is 0.00665. The van der Waals surface area contributed by atoms with Crippen molar-refractivity contribution < 1.29 is 30.6 Å². The average molecular weight is 459 g/mol. The summed E-state index contributed by atoms with van der Waals surface area (Å²) in [7, 11) is 0. The first-order chi connectivity index (χ1) is 16.3. The number of aryl methyl sites for hydroxylation is 4. The van der Waals surface area contributed by atoms with Gasteiger partial charge in [0.05, 0.1) is 0 Å². The van der Waals surface area contributed by atoms with Gasteiger partial charge in [-0.15, -0.1) is 0 Å². The second-order valence-corrected chi connectivity index (χ2v) is 8.42. The van der Waals surface area contributed by atoms with Gasteiger partial charge in [0.1, 0.15) is 34.5 Å². The first-order valence-electron chi connectivity index (χ1n) is 10.9. The lowest BCUT2D eigenvalue weighted by molar-refractivity contribution is 0.448. The topological polar surface area (TPSA) is 121 Å². The molecule has 6 nitrogen and oxygen atoms in total. The van der Waals surface area contributed by atoms with Gasteiger partial charge in [-0.05, 0) is 84.3 Å². The molecule has 0 spiro atoms. The van der Waals surface area contributed by atoms with Gasteiger partial charge in [0.2, 0.25) is 0 Å². The second kappa shape index (κ2) is 9.67. The number of phenolic OH excluding ortho intramolecular Hbond substituents is 6. The standard InChI is InChI=1S/C28H26O6/c29-21-9-19(10-22(30)15-21)3-1-17-5-7-25(27(33)13-17)26-8-6-18(14-28(26)34)2-4-20-11-23(31)16-24(32)12-20/h5-16,29-34H,1-4H2. The molecule has 0 saturated heterocycles. The molecular formula is C28H26O6. The molecule has 0 atom stereocenters. The molecule has 0 aliphatic carbocycles. The highest BCUT2D eigenvalue weighted by atomic mass is 16.3. The summed E-state index contributed by atoms with van der Waals surface area (Å²) in [6, 6.07) is 19.5. The Balaban J connectivity index is 1.45. The molecule has 4 aromatic carbocycles. The van der Waals surface area contributed by atoms with Crippen LogP contribution in [-0.4, -0.2) is 30.6 Å². The van der Waals surface area contributed by atoms with Gasteiger partial charge in [0.15, 0.2) is 0 Å². The highest BCUT2D eigenvalue weighted by molar-refractivity contribution is 5.76. The maximum absolute atomic E-state index is 10.6. The molecule has 0 bridgehead atoms. The Morgan fingerprint density at radius 2 is 0.676 bits per heavy atom. The Morgan fingerprint density at radius 3 is 1.00 bits per heavy atom. The number of benzene rings is 4. The van der Waals surface area contributed by atoms with E-state index in [0.717, 1.165) is 22.3 Å². The first kappa shape index (κ1) is 22.9. The molecule has 6 heteroatoms. The van der Waals surface area contributed by atoms with E-state index < -0.39 is 0 Å². The van der Waals surface area contributed by atoms with E-state index in [0.29, 0.717) is 36.8 Å². The number of rotatable bonds is 7. The number of aromatic hydroxyl groups is 6. The molecule has 0 amide bonds. The van der Waals surface area contributed by atoms with E-state index in [1.54, 1.807) is 48.5 Å². The van der Waals surface area contributed by atoms with E-state index in [9.17, 15) is 30.6 Å². The molecule has 174 valence electrons. The largest absolute Gasteiger partial charge is 0.508 e. The third-order valence-corrected chi connectivity index (χ3v) is 5.74. The van der Waals surface area contributed by atoms with E-state index in [4.69, 9.17) is 0 Å². The van der Waals surface area contributed by atoms with Crippen LogP contribution < -0.4 is 0 Å². The van der Waals surface area contributed by atoms with Crippen molar-refractivity contribution in [3.63, 3.8) is 0 Å². The van der Waals surface area contributed by atoms with Crippen LogP contribution in [0.3, 0.4) is 0 Å². The van der Waals surface area contributed by atoms with Crippen molar-refractivity contribution in [1.82, 2.24) is 0 Å². The third kappa shape index (κ3) is 5.53. The van der Waals surface area contributed by atoms with Gasteiger partial charge in [-0.3, -0.25) is 0 Å². The van der Waals surface area contributed by atoms with Gasteiger partial charge >= 0.3 is 0 Å². The van der Waals surface area contributed by atoms with Crippen molar-refractivity contribution in [2.24, 2.45) is 0 Å². The summed E-state index contributed by atoms with van der Waals surface area (Å²) in [5.74, 6) is 0.128. The lowest BCUT2D eigenvalue weighted by Crippen LogP contribution is -1.93. The molecule has 0 aromatic heterocycles. The predicted molar refractivity (Wildman–Crippen MR) is 130 cm³/mol. The minimum Gasteiger partial charge on any atom is -0.508 e. The fourth-order valence-corrected chi connectivity index (χ4v) is 4.10. The van der Waals surface area contributed by atoms with E-state index in [1.165, 1.54) is 12.1 Å². The van der Waals surface area contributed by atoms with Crippen LogP contribution in [0.15, 0.2) is 72.8 Å². The molecule has 0 fully saturated rings. The number of hydrogen-bond acceptors (Lipinski definition) is 6. The molecule has 0 radical (unpaired) electrons. The molecular weight excluding hydrogens is 432 g/mol. The molecule has 4 rings (SSSR count).